The largest absolute Gasteiger partial charge is 0.380 e. The molecule has 1 amide bonds. The maximum atomic E-state index is 12.3. The highest BCUT2D eigenvalue weighted by atomic mass is 16.3. The van der Waals surface area contributed by atoms with E-state index in [0.29, 0.717) is 5.69 Å². The van der Waals surface area contributed by atoms with Crippen LogP contribution in [0.2, 0.25) is 0 Å². The van der Waals surface area contributed by atoms with E-state index in [4.69, 9.17) is 0 Å². The normalized spacial score (nSPS) is 22.7. The zero-order valence-corrected chi connectivity index (χ0v) is 12.6. The molecule has 4 nitrogen and oxygen atoms in total. The van der Waals surface area contributed by atoms with Crippen molar-refractivity contribution in [3.8, 4) is 0 Å². The van der Waals surface area contributed by atoms with E-state index < -0.39 is 5.60 Å². The molecule has 0 spiro atoms. The van der Waals surface area contributed by atoms with E-state index in [2.05, 4.69) is 10.3 Å². The average Bonchev–Trinajstić information content (AvgIpc) is 2.59. The predicted octanol–water partition coefficient (Wildman–Crippen LogP) is 3.04. The third kappa shape index (κ3) is 3.38. The summed E-state index contributed by atoms with van der Waals surface area (Å²) < 4.78 is 0. The van der Waals surface area contributed by atoms with Gasteiger partial charge in [0, 0.05) is 30.4 Å². The highest BCUT2D eigenvalue weighted by molar-refractivity contribution is 5.91. The summed E-state index contributed by atoms with van der Waals surface area (Å²) in [5, 5.41) is 13.9. The van der Waals surface area contributed by atoms with Crippen molar-refractivity contribution in [1.82, 2.24) is 4.98 Å². The Labute approximate surface area is 135 Å². The molecule has 1 aromatic carbocycles. The van der Waals surface area contributed by atoms with Crippen LogP contribution in [0.1, 0.15) is 12.0 Å². The van der Waals surface area contributed by atoms with Gasteiger partial charge in [0.1, 0.15) is 5.60 Å². The molecule has 0 radical (unpaired) electrons. The summed E-state index contributed by atoms with van der Waals surface area (Å²) in [5.41, 5.74) is 0.303. The highest BCUT2D eigenvalue weighted by Gasteiger charge is 2.36. The summed E-state index contributed by atoms with van der Waals surface area (Å²) in [7, 11) is 0. The number of aliphatic hydroxyl groups is 1. The van der Waals surface area contributed by atoms with Crippen LogP contribution in [0.15, 0.2) is 79.2 Å². The Balaban J connectivity index is 1.76. The molecule has 116 valence electrons. The Bertz CT molecular complexity index is 726. The van der Waals surface area contributed by atoms with Crippen LogP contribution in [0, 0.1) is 5.92 Å². The first kappa shape index (κ1) is 15.2. The summed E-state index contributed by atoms with van der Waals surface area (Å²) >= 11 is 0. The summed E-state index contributed by atoms with van der Waals surface area (Å²) in [6.45, 7) is 0. The fraction of sp³-hybridized carbons (Fsp3) is 0.158. The quantitative estimate of drug-likeness (QED) is 0.912. The fourth-order valence-corrected chi connectivity index (χ4v) is 2.76. The van der Waals surface area contributed by atoms with Gasteiger partial charge in [0.15, 0.2) is 0 Å². The van der Waals surface area contributed by atoms with Crippen molar-refractivity contribution < 1.29 is 9.90 Å². The van der Waals surface area contributed by atoms with Gasteiger partial charge in [-0.2, -0.15) is 0 Å². The number of pyridine rings is 1. The molecule has 2 atom stereocenters. The Hall–Kier alpha value is -2.72. The number of rotatable bonds is 4. The number of aromatic nitrogens is 1. The molecule has 2 aromatic rings. The van der Waals surface area contributed by atoms with Crippen LogP contribution in [-0.4, -0.2) is 16.0 Å². The number of nitrogens with one attached hydrogen (secondary N) is 1. The van der Waals surface area contributed by atoms with E-state index >= 15 is 0 Å². The fourth-order valence-electron chi connectivity index (χ4n) is 2.76. The Kier molecular flexibility index (Phi) is 4.35. The monoisotopic (exact) mass is 306 g/mol. The van der Waals surface area contributed by atoms with Crippen LogP contribution in [0.5, 0.6) is 0 Å². The number of anilines is 1. The number of hydrogen-bond donors (Lipinski definition) is 2. The number of carbonyl (C=O) groups is 1. The molecule has 0 fully saturated rings. The third-order valence-corrected chi connectivity index (χ3v) is 3.98. The summed E-state index contributed by atoms with van der Waals surface area (Å²) in [6, 6.07) is 12.9. The van der Waals surface area contributed by atoms with Gasteiger partial charge >= 0.3 is 0 Å². The van der Waals surface area contributed by atoms with Crippen molar-refractivity contribution in [3.05, 3.63) is 84.7 Å². The molecule has 23 heavy (non-hydrogen) atoms. The van der Waals surface area contributed by atoms with E-state index in [1.54, 1.807) is 30.6 Å². The molecule has 0 saturated heterocycles. The second-order valence-corrected chi connectivity index (χ2v) is 5.53. The van der Waals surface area contributed by atoms with Gasteiger partial charge in [0.05, 0.1) is 0 Å². The topological polar surface area (TPSA) is 62.2 Å². The minimum Gasteiger partial charge on any atom is -0.380 e. The molecule has 3 rings (SSSR count). The number of hydrogen-bond acceptors (Lipinski definition) is 3. The molecule has 1 heterocycles. The molecule has 0 bridgehead atoms. The lowest BCUT2D eigenvalue weighted by Crippen LogP contribution is -2.35. The summed E-state index contributed by atoms with van der Waals surface area (Å²) in [5.74, 6) is -0.466. The van der Waals surface area contributed by atoms with Crippen LogP contribution in [0.3, 0.4) is 0 Å². The predicted molar refractivity (Wildman–Crippen MR) is 89.6 cm³/mol. The lowest BCUT2D eigenvalue weighted by molar-refractivity contribution is -0.118. The van der Waals surface area contributed by atoms with Gasteiger partial charge in [-0.1, -0.05) is 48.6 Å². The molecule has 4 heteroatoms. The molecule has 1 aliphatic carbocycles. The highest BCUT2D eigenvalue weighted by Crippen LogP contribution is 2.36. The first-order valence-corrected chi connectivity index (χ1v) is 7.52. The Morgan fingerprint density at radius 2 is 1.87 bits per heavy atom. The van der Waals surface area contributed by atoms with Crippen molar-refractivity contribution in [2.75, 3.05) is 5.32 Å². The Morgan fingerprint density at radius 1 is 1.13 bits per heavy atom. The van der Waals surface area contributed by atoms with Crippen LogP contribution < -0.4 is 5.32 Å². The zero-order chi connectivity index (χ0) is 16.1. The standard InChI is InChI=1S/C19H18N2O2/c22-18(21-17-9-12-20-13-10-17)14-16-8-4-5-11-19(16,23)15-6-2-1-3-7-15/h1-13,16,23H,14H2,(H,20,21,22). The molecule has 1 aliphatic rings. The smallest absolute Gasteiger partial charge is 0.225 e. The van der Waals surface area contributed by atoms with E-state index in [1.165, 1.54) is 0 Å². The SMILES string of the molecule is O=C(CC1C=CC=CC1(O)c1ccccc1)Nc1ccncc1. The second kappa shape index (κ2) is 6.58. The van der Waals surface area contributed by atoms with Crippen molar-refractivity contribution in [2.24, 2.45) is 5.92 Å². The van der Waals surface area contributed by atoms with Crippen molar-refractivity contribution in [1.29, 1.82) is 0 Å². The Morgan fingerprint density at radius 3 is 2.61 bits per heavy atom. The molecule has 2 unspecified atom stereocenters. The lowest BCUT2D eigenvalue weighted by atomic mass is 9.77. The second-order valence-electron chi connectivity index (χ2n) is 5.53. The van der Waals surface area contributed by atoms with Gasteiger partial charge in [0.25, 0.3) is 0 Å². The van der Waals surface area contributed by atoms with E-state index in [0.717, 1.165) is 5.56 Å². The lowest BCUT2D eigenvalue weighted by Gasteiger charge is -2.34. The molecule has 0 saturated carbocycles. The van der Waals surface area contributed by atoms with Crippen LogP contribution in [0.4, 0.5) is 5.69 Å². The number of benzene rings is 1. The third-order valence-electron chi connectivity index (χ3n) is 3.98. The van der Waals surface area contributed by atoms with Crippen molar-refractivity contribution in [2.45, 2.75) is 12.0 Å². The number of nitrogens with zero attached hydrogens (tertiary/aromatic N) is 1. The number of amides is 1. The minimum absolute atomic E-state index is 0.143. The first-order valence-electron chi connectivity index (χ1n) is 7.52. The minimum atomic E-state index is -1.18. The van der Waals surface area contributed by atoms with Crippen LogP contribution in [-0.2, 0) is 10.4 Å². The van der Waals surface area contributed by atoms with Crippen molar-refractivity contribution in [3.63, 3.8) is 0 Å². The van der Waals surface area contributed by atoms with E-state index in [1.807, 2.05) is 48.6 Å². The van der Waals surface area contributed by atoms with Gasteiger partial charge in [-0.05, 0) is 23.8 Å². The summed E-state index contributed by atoms with van der Waals surface area (Å²) in [4.78, 5) is 16.2. The molecule has 2 N–H and O–H groups in total. The average molecular weight is 306 g/mol. The number of allylic oxidation sites excluding steroid dienone is 2. The van der Waals surface area contributed by atoms with Gasteiger partial charge in [-0.3, -0.25) is 9.78 Å². The molecular weight excluding hydrogens is 288 g/mol. The van der Waals surface area contributed by atoms with E-state index in [-0.39, 0.29) is 18.2 Å². The number of carbonyl (C=O) groups excluding carboxylic acids is 1. The zero-order valence-electron chi connectivity index (χ0n) is 12.6. The van der Waals surface area contributed by atoms with Gasteiger partial charge in [0.2, 0.25) is 5.91 Å². The first-order chi connectivity index (χ1) is 11.2. The van der Waals surface area contributed by atoms with E-state index in [9.17, 15) is 9.90 Å². The molecular formula is C19H18N2O2. The van der Waals surface area contributed by atoms with Crippen LogP contribution >= 0.6 is 0 Å². The molecule has 0 aliphatic heterocycles. The van der Waals surface area contributed by atoms with Gasteiger partial charge in [-0.25, -0.2) is 0 Å². The van der Waals surface area contributed by atoms with Crippen LogP contribution in [0.25, 0.3) is 0 Å². The maximum absolute atomic E-state index is 12.3. The summed E-state index contributed by atoms with van der Waals surface area (Å²) in [6.07, 6.45) is 10.7. The molecule has 1 aromatic heterocycles. The van der Waals surface area contributed by atoms with Crippen molar-refractivity contribution >= 4 is 11.6 Å². The van der Waals surface area contributed by atoms with Gasteiger partial charge in [-0.15, -0.1) is 0 Å². The van der Waals surface area contributed by atoms with Gasteiger partial charge < -0.3 is 10.4 Å². The maximum Gasteiger partial charge on any atom is 0.225 e.